The van der Waals surface area contributed by atoms with Gasteiger partial charge in [-0.15, -0.1) is 0 Å². The van der Waals surface area contributed by atoms with Crippen LogP contribution in [0.2, 0.25) is 0 Å². The zero-order chi connectivity index (χ0) is 25.4. The number of aromatic carboxylic acids is 1. The summed E-state index contributed by atoms with van der Waals surface area (Å²) in [5, 5.41) is 8.48. The number of ether oxygens (including phenoxy) is 3. The third-order valence-electron chi connectivity index (χ3n) is 4.91. The van der Waals surface area contributed by atoms with E-state index in [4.69, 9.17) is 14.6 Å². The lowest BCUT2D eigenvalue weighted by Crippen LogP contribution is -2.17. The number of rotatable bonds is 4. The van der Waals surface area contributed by atoms with E-state index in [-0.39, 0.29) is 12.3 Å². The normalized spacial score (nSPS) is 18.4. The number of methoxy groups -OCH3 is 2. The second-order valence-corrected chi connectivity index (χ2v) is 7.48. The topological polar surface area (TPSA) is 82.1 Å². The Morgan fingerprint density at radius 3 is 1.73 bits per heavy atom. The lowest BCUT2D eigenvalue weighted by molar-refractivity contribution is -0.128. The molecule has 2 aromatic carbocycles. The summed E-state index contributed by atoms with van der Waals surface area (Å²) in [6.45, 7) is 12.2. The smallest absolute Gasteiger partial charge is 0.337 e. The summed E-state index contributed by atoms with van der Waals surface area (Å²) in [4.78, 5) is 21.2. The molecule has 1 fully saturated rings. The van der Waals surface area contributed by atoms with Gasteiger partial charge in [0, 0.05) is 13.0 Å². The molecule has 1 heterocycles. The van der Waals surface area contributed by atoms with Crippen LogP contribution in [0.4, 0.5) is 0 Å². The van der Waals surface area contributed by atoms with Crippen LogP contribution in [0.25, 0.3) is 0 Å². The second-order valence-electron chi connectivity index (χ2n) is 7.48. The van der Waals surface area contributed by atoms with E-state index >= 15 is 0 Å². The third-order valence-corrected chi connectivity index (χ3v) is 4.91. The molecule has 0 saturated carbocycles. The molecule has 1 aliphatic heterocycles. The highest BCUT2D eigenvalue weighted by Gasteiger charge is 2.31. The van der Waals surface area contributed by atoms with Gasteiger partial charge in [-0.25, -0.2) is 9.59 Å². The fourth-order valence-electron chi connectivity index (χ4n) is 3.04. The Balaban J connectivity index is 0.000000449. The third kappa shape index (κ3) is 11.6. The SMILES string of the molecule is CC.CCC1CC(C)OC1OC.COC(=O)c1ccc(C)cc1.Cc1ccc(C(=O)O)cc1. The van der Waals surface area contributed by atoms with Crippen LogP contribution < -0.4 is 0 Å². The van der Waals surface area contributed by atoms with E-state index in [0.29, 0.717) is 23.1 Å². The maximum Gasteiger partial charge on any atom is 0.337 e. The van der Waals surface area contributed by atoms with Crippen molar-refractivity contribution < 1.29 is 28.9 Å². The molecule has 1 N–H and O–H groups in total. The van der Waals surface area contributed by atoms with Gasteiger partial charge in [0.2, 0.25) is 0 Å². The first-order chi connectivity index (χ1) is 15.7. The monoisotopic (exact) mass is 460 g/mol. The van der Waals surface area contributed by atoms with E-state index < -0.39 is 5.97 Å². The molecule has 0 aromatic heterocycles. The molecule has 3 rings (SSSR count). The Kier molecular flexibility index (Phi) is 15.5. The van der Waals surface area contributed by atoms with Gasteiger partial charge in [0.25, 0.3) is 0 Å². The molecule has 33 heavy (non-hydrogen) atoms. The minimum atomic E-state index is -0.875. The summed E-state index contributed by atoms with van der Waals surface area (Å²) in [6, 6.07) is 14.0. The van der Waals surface area contributed by atoms with E-state index in [1.807, 2.05) is 39.8 Å². The number of esters is 1. The molecule has 6 nitrogen and oxygen atoms in total. The molecular formula is C27H40O6. The Morgan fingerprint density at radius 2 is 1.39 bits per heavy atom. The number of benzene rings is 2. The molecule has 3 unspecified atom stereocenters. The van der Waals surface area contributed by atoms with Gasteiger partial charge < -0.3 is 19.3 Å². The summed E-state index contributed by atoms with van der Waals surface area (Å²) in [7, 11) is 3.09. The number of carbonyl (C=O) groups excluding carboxylic acids is 1. The van der Waals surface area contributed by atoms with Crippen LogP contribution in [0.1, 0.15) is 72.4 Å². The number of aryl methyl sites for hydroxylation is 2. The van der Waals surface area contributed by atoms with Crippen molar-refractivity contribution in [2.75, 3.05) is 14.2 Å². The largest absolute Gasteiger partial charge is 0.478 e. The first kappa shape index (κ1) is 30.3. The quantitative estimate of drug-likeness (QED) is 0.540. The molecule has 1 aliphatic rings. The minimum Gasteiger partial charge on any atom is -0.478 e. The first-order valence-electron chi connectivity index (χ1n) is 11.3. The van der Waals surface area contributed by atoms with Crippen LogP contribution in [0, 0.1) is 19.8 Å². The predicted octanol–water partition coefficient (Wildman–Crippen LogP) is 6.29. The van der Waals surface area contributed by atoms with E-state index in [9.17, 15) is 9.59 Å². The van der Waals surface area contributed by atoms with E-state index in [2.05, 4.69) is 18.6 Å². The average Bonchev–Trinajstić information content (AvgIpc) is 3.21. The lowest BCUT2D eigenvalue weighted by Gasteiger charge is -2.13. The van der Waals surface area contributed by atoms with Gasteiger partial charge in [-0.2, -0.15) is 0 Å². The van der Waals surface area contributed by atoms with Gasteiger partial charge >= 0.3 is 11.9 Å². The van der Waals surface area contributed by atoms with Crippen molar-refractivity contribution >= 4 is 11.9 Å². The number of carbonyl (C=O) groups is 2. The van der Waals surface area contributed by atoms with Crippen molar-refractivity contribution in [1.82, 2.24) is 0 Å². The standard InChI is InChI=1S/C9H10O2.C8H8O2.C8H16O2.C2H6/c1-7-3-5-8(6-4-7)9(10)11-2;1-6-2-4-7(5-3-6)8(9)10;1-4-7-5-6(2)10-8(7)9-3;1-2/h3-6H,1-2H3;2-5H,1H3,(H,9,10);6-8H,4-5H2,1-3H3;1-2H3. The summed E-state index contributed by atoms with van der Waals surface area (Å²) in [5.74, 6) is -0.551. The van der Waals surface area contributed by atoms with Crippen LogP contribution in [-0.4, -0.2) is 43.7 Å². The Morgan fingerprint density at radius 1 is 0.939 bits per heavy atom. The maximum atomic E-state index is 10.9. The van der Waals surface area contributed by atoms with E-state index in [1.54, 1.807) is 43.5 Å². The highest BCUT2D eigenvalue weighted by molar-refractivity contribution is 5.89. The van der Waals surface area contributed by atoms with E-state index in [0.717, 1.165) is 24.0 Å². The van der Waals surface area contributed by atoms with Crippen LogP contribution in [0.3, 0.4) is 0 Å². The van der Waals surface area contributed by atoms with Crippen LogP contribution >= 0.6 is 0 Å². The van der Waals surface area contributed by atoms with Crippen LogP contribution in [0.15, 0.2) is 48.5 Å². The number of carboxylic acid groups (broad SMARTS) is 1. The minimum absolute atomic E-state index is 0.0556. The van der Waals surface area contributed by atoms with Gasteiger partial charge in [0.05, 0.1) is 24.3 Å². The molecule has 0 radical (unpaired) electrons. The summed E-state index contributed by atoms with van der Waals surface area (Å²) >= 11 is 0. The number of hydrogen-bond acceptors (Lipinski definition) is 5. The number of carboxylic acids is 1. The van der Waals surface area contributed by atoms with Crippen LogP contribution in [-0.2, 0) is 14.2 Å². The molecule has 3 atom stereocenters. The van der Waals surface area contributed by atoms with Crippen molar-refractivity contribution in [1.29, 1.82) is 0 Å². The zero-order valence-corrected chi connectivity index (χ0v) is 21.3. The predicted molar refractivity (Wildman–Crippen MR) is 132 cm³/mol. The summed E-state index contributed by atoms with van der Waals surface area (Å²) < 4.78 is 15.2. The molecule has 0 amide bonds. The van der Waals surface area contributed by atoms with Gasteiger partial charge in [-0.3, -0.25) is 0 Å². The molecule has 0 aliphatic carbocycles. The Hall–Kier alpha value is -2.70. The molecule has 6 heteroatoms. The van der Waals surface area contributed by atoms with E-state index in [1.165, 1.54) is 7.11 Å². The zero-order valence-electron chi connectivity index (χ0n) is 21.3. The highest BCUT2D eigenvalue weighted by Crippen LogP contribution is 2.28. The van der Waals surface area contributed by atoms with Crippen molar-refractivity contribution in [3.63, 3.8) is 0 Å². The summed E-state index contributed by atoms with van der Waals surface area (Å²) in [6.07, 6.45) is 2.74. The molecule has 0 spiro atoms. The lowest BCUT2D eigenvalue weighted by atomic mass is 10.0. The van der Waals surface area contributed by atoms with Crippen molar-refractivity contribution in [3.05, 3.63) is 70.8 Å². The first-order valence-corrected chi connectivity index (χ1v) is 11.3. The number of hydrogen-bond donors (Lipinski definition) is 1. The van der Waals surface area contributed by atoms with Crippen LogP contribution in [0.5, 0.6) is 0 Å². The fraction of sp³-hybridized carbons (Fsp3) is 0.481. The van der Waals surface area contributed by atoms with Gasteiger partial charge in [0.1, 0.15) is 0 Å². The average molecular weight is 461 g/mol. The Labute approximate surface area is 198 Å². The Bertz CT molecular complexity index is 786. The van der Waals surface area contributed by atoms with Crippen molar-refractivity contribution in [2.45, 2.75) is 66.8 Å². The molecule has 1 saturated heterocycles. The molecule has 2 aromatic rings. The van der Waals surface area contributed by atoms with Gasteiger partial charge in [0.15, 0.2) is 6.29 Å². The van der Waals surface area contributed by atoms with Gasteiger partial charge in [-0.05, 0) is 57.9 Å². The maximum absolute atomic E-state index is 10.9. The highest BCUT2D eigenvalue weighted by atomic mass is 16.7. The molecular weight excluding hydrogens is 420 g/mol. The summed E-state index contributed by atoms with van der Waals surface area (Å²) in [5.41, 5.74) is 3.14. The second kappa shape index (κ2) is 16.9. The van der Waals surface area contributed by atoms with Crippen molar-refractivity contribution in [3.8, 4) is 0 Å². The molecule has 0 bridgehead atoms. The van der Waals surface area contributed by atoms with Crippen molar-refractivity contribution in [2.24, 2.45) is 5.92 Å². The molecule has 184 valence electrons. The fourth-order valence-corrected chi connectivity index (χ4v) is 3.04. The van der Waals surface area contributed by atoms with Gasteiger partial charge in [-0.1, -0.05) is 56.2 Å².